The Labute approximate surface area is 171 Å². The van der Waals surface area contributed by atoms with Gasteiger partial charge in [-0.05, 0) is 49.6 Å². The molecule has 0 aliphatic carbocycles. The minimum atomic E-state index is -0.499. The quantitative estimate of drug-likeness (QED) is 0.793. The number of benzene rings is 2. The smallest absolute Gasteiger partial charge is 0.256 e. The molecule has 1 N–H and O–H groups in total. The van der Waals surface area contributed by atoms with Crippen LogP contribution in [0.2, 0.25) is 0 Å². The summed E-state index contributed by atoms with van der Waals surface area (Å²) >= 11 is 3.45. The minimum absolute atomic E-state index is 0.140. The van der Waals surface area contributed by atoms with Gasteiger partial charge in [-0.15, -0.1) is 0 Å². The van der Waals surface area contributed by atoms with Crippen molar-refractivity contribution in [1.29, 1.82) is 0 Å². The third-order valence-corrected chi connectivity index (χ3v) is 6.10. The number of rotatable bonds is 3. The zero-order valence-electron chi connectivity index (χ0n) is 15.4. The van der Waals surface area contributed by atoms with Crippen molar-refractivity contribution >= 4 is 45.0 Å². The molecule has 7 heteroatoms. The van der Waals surface area contributed by atoms with Gasteiger partial charge in [-0.2, -0.15) is 0 Å². The summed E-state index contributed by atoms with van der Waals surface area (Å²) in [5.41, 5.74) is 2.67. The number of nitrogens with zero attached hydrogens (tertiary/aromatic N) is 2. The van der Waals surface area contributed by atoms with Crippen LogP contribution in [0.4, 0.5) is 11.4 Å². The zero-order chi connectivity index (χ0) is 19.8. The average Bonchev–Trinajstić information content (AvgIpc) is 3.15. The van der Waals surface area contributed by atoms with E-state index in [0.29, 0.717) is 29.9 Å². The molecule has 2 aliphatic rings. The summed E-state index contributed by atoms with van der Waals surface area (Å²) in [6.07, 6.45) is 1.42. The van der Waals surface area contributed by atoms with Gasteiger partial charge < -0.3 is 15.1 Å². The molecule has 1 saturated heterocycles. The van der Waals surface area contributed by atoms with Gasteiger partial charge in [0, 0.05) is 16.7 Å². The van der Waals surface area contributed by atoms with Gasteiger partial charge in [-0.1, -0.05) is 34.1 Å². The number of anilines is 2. The molecule has 2 aliphatic heterocycles. The first kappa shape index (κ1) is 18.7. The lowest BCUT2D eigenvalue weighted by Gasteiger charge is -2.25. The van der Waals surface area contributed by atoms with Crippen LogP contribution in [0, 0.1) is 6.92 Å². The van der Waals surface area contributed by atoms with Crippen molar-refractivity contribution in [3.63, 3.8) is 0 Å². The summed E-state index contributed by atoms with van der Waals surface area (Å²) in [5, 5.41) is 2.84. The molecule has 0 saturated carbocycles. The second kappa shape index (κ2) is 7.39. The van der Waals surface area contributed by atoms with Gasteiger partial charge in [0.25, 0.3) is 5.91 Å². The third kappa shape index (κ3) is 3.30. The Morgan fingerprint density at radius 3 is 2.79 bits per heavy atom. The molecule has 0 spiro atoms. The molecule has 3 amide bonds. The fraction of sp³-hybridized carbons (Fsp3) is 0.286. The van der Waals surface area contributed by atoms with Gasteiger partial charge in [0.1, 0.15) is 12.6 Å². The Bertz CT molecular complexity index is 975. The monoisotopic (exact) mass is 441 g/mol. The number of hydrogen-bond acceptors (Lipinski definition) is 3. The maximum Gasteiger partial charge on any atom is 0.256 e. The number of nitrogens with one attached hydrogen (secondary N) is 1. The highest BCUT2D eigenvalue weighted by Gasteiger charge is 2.42. The zero-order valence-corrected chi connectivity index (χ0v) is 17.0. The molecule has 0 radical (unpaired) electrons. The van der Waals surface area contributed by atoms with Crippen LogP contribution < -0.4 is 10.2 Å². The Hall–Kier alpha value is -2.67. The number of aryl methyl sites for hydroxylation is 1. The van der Waals surface area contributed by atoms with E-state index in [1.807, 2.05) is 25.1 Å². The van der Waals surface area contributed by atoms with Crippen molar-refractivity contribution < 1.29 is 14.4 Å². The van der Waals surface area contributed by atoms with E-state index in [-0.39, 0.29) is 24.3 Å². The fourth-order valence-corrected chi connectivity index (χ4v) is 4.17. The summed E-state index contributed by atoms with van der Waals surface area (Å²) < 4.78 is 0.897. The number of amides is 3. The molecule has 1 unspecified atom stereocenters. The van der Waals surface area contributed by atoms with Crippen LogP contribution in [0.3, 0.4) is 0 Å². The summed E-state index contributed by atoms with van der Waals surface area (Å²) in [6.45, 7) is 2.40. The Morgan fingerprint density at radius 2 is 2.00 bits per heavy atom. The highest BCUT2D eigenvalue weighted by Crippen LogP contribution is 2.32. The van der Waals surface area contributed by atoms with Crippen molar-refractivity contribution in [2.45, 2.75) is 25.8 Å². The van der Waals surface area contributed by atoms with E-state index in [0.717, 1.165) is 16.5 Å². The van der Waals surface area contributed by atoms with Crippen LogP contribution in [0.15, 0.2) is 46.9 Å². The van der Waals surface area contributed by atoms with Crippen LogP contribution in [0.25, 0.3) is 0 Å². The molecule has 2 aromatic rings. The van der Waals surface area contributed by atoms with Crippen LogP contribution in [-0.2, 0) is 9.59 Å². The molecule has 1 atom stereocenters. The molecule has 144 valence electrons. The van der Waals surface area contributed by atoms with E-state index in [9.17, 15) is 14.4 Å². The Balaban J connectivity index is 1.62. The van der Waals surface area contributed by atoms with Gasteiger partial charge in [0.2, 0.25) is 11.8 Å². The molecule has 0 aromatic heterocycles. The molecule has 2 heterocycles. The fourth-order valence-electron chi connectivity index (χ4n) is 3.79. The summed E-state index contributed by atoms with van der Waals surface area (Å²) in [4.78, 5) is 41.8. The predicted molar refractivity (Wildman–Crippen MR) is 110 cm³/mol. The minimum Gasteiger partial charge on any atom is -0.327 e. The van der Waals surface area contributed by atoms with Crippen molar-refractivity contribution in [3.8, 4) is 0 Å². The highest BCUT2D eigenvalue weighted by molar-refractivity contribution is 9.10. The first-order chi connectivity index (χ1) is 13.5. The molecule has 1 fully saturated rings. The molecule has 0 bridgehead atoms. The Kier molecular flexibility index (Phi) is 4.93. The average molecular weight is 442 g/mol. The van der Waals surface area contributed by atoms with E-state index in [4.69, 9.17) is 0 Å². The predicted octanol–water partition coefficient (Wildman–Crippen LogP) is 3.35. The maximum atomic E-state index is 13.2. The van der Waals surface area contributed by atoms with E-state index >= 15 is 0 Å². The highest BCUT2D eigenvalue weighted by atomic mass is 79.9. The first-order valence-corrected chi connectivity index (χ1v) is 10.0. The second-order valence-electron chi connectivity index (χ2n) is 7.11. The molecular weight excluding hydrogens is 422 g/mol. The van der Waals surface area contributed by atoms with Gasteiger partial charge >= 0.3 is 0 Å². The standard InChI is InChI=1S/C21H20BrN3O3/c1-13-8-9-14(11-16(13)22)23-19(26)12-25-17-6-3-2-5-15(17)20(27)24-10-4-7-18(24)21(25)28/h2-3,5-6,8-9,11,18H,4,7,10,12H2,1H3,(H,23,26). The summed E-state index contributed by atoms with van der Waals surface area (Å²) in [6, 6.07) is 12.0. The number of carbonyl (C=O) groups excluding carboxylic acids is 3. The largest absolute Gasteiger partial charge is 0.327 e. The lowest BCUT2D eigenvalue weighted by atomic mass is 10.1. The number of carbonyl (C=O) groups is 3. The molecule has 28 heavy (non-hydrogen) atoms. The number of fused-ring (bicyclic) bond motifs is 2. The van der Waals surface area contributed by atoms with Crippen LogP contribution in [0.5, 0.6) is 0 Å². The van der Waals surface area contributed by atoms with Crippen molar-refractivity contribution in [3.05, 3.63) is 58.1 Å². The van der Waals surface area contributed by atoms with Crippen molar-refractivity contribution in [1.82, 2.24) is 4.90 Å². The summed E-state index contributed by atoms with van der Waals surface area (Å²) in [5.74, 6) is -0.648. The number of para-hydroxylation sites is 1. The van der Waals surface area contributed by atoms with Crippen LogP contribution in [-0.4, -0.2) is 41.8 Å². The van der Waals surface area contributed by atoms with Crippen molar-refractivity contribution in [2.75, 3.05) is 23.3 Å². The van der Waals surface area contributed by atoms with E-state index in [2.05, 4.69) is 21.2 Å². The topological polar surface area (TPSA) is 69.7 Å². The van der Waals surface area contributed by atoms with Gasteiger partial charge in [0.05, 0.1) is 11.3 Å². The van der Waals surface area contributed by atoms with E-state index in [1.54, 1.807) is 29.2 Å². The lowest BCUT2D eigenvalue weighted by Crippen LogP contribution is -2.47. The molecule has 4 rings (SSSR count). The molecule has 6 nitrogen and oxygen atoms in total. The van der Waals surface area contributed by atoms with Gasteiger partial charge in [-0.3, -0.25) is 14.4 Å². The first-order valence-electron chi connectivity index (χ1n) is 9.23. The van der Waals surface area contributed by atoms with Crippen molar-refractivity contribution in [2.24, 2.45) is 0 Å². The molecule has 2 aromatic carbocycles. The Morgan fingerprint density at radius 1 is 1.21 bits per heavy atom. The third-order valence-electron chi connectivity index (χ3n) is 5.25. The summed E-state index contributed by atoms with van der Waals surface area (Å²) in [7, 11) is 0. The van der Waals surface area contributed by atoms with Crippen LogP contribution >= 0.6 is 15.9 Å². The number of halogens is 1. The van der Waals surface area contributed by atoms with E-state index in [1.165, 1.54) is 4.90 Å². The number of hydrogen-bond donors (Lipinski definition) is 1. The van der Waals surface area contributed by atoms with E-state index < -0.39 is 6.04 Å². The maximum absolute atomic E-state index is 13.2. The van der Waals surface area contributed by atoms with Gasteiger partial charge in [-0.25, -0.2) is 0 Å². The van der Waals surface area contributed by atoms with Gasteiger partial charge in [0.15, 0.2) is 0 Å². The second-order valence-corrected chi connectivity index (χ2v) is 7.96. The molecular formula is C21H20BrN3O3. The lowest BCUT2D eigenvalue weighted by molar-refractivity contribution is -0.124. The van der Waals surface area contributed by atoms with Crippen LogP contribution in [0.1, 0.15) is 28.8 Å². The SMILES string of the molecule is Cc1ccc(NC(=O)CN2C(=O)C3CCCN3C(=O)c3ccccc32)cc1Br. The normalized spacial score (nSPS) is 18.6.